The molecule has 1 aromatic heterocycles. The predicted octanol–water partition coefficient (Wildman–Crippen LogP) is 3.28. The molecule has 1 heterocycles. The van der Waals surface area contributed by atoms with Crippen molar-refractivity contribution in [3.63, 3.8) is 0 Å². The Morgan fingerprint density at radius 1 is 1.30 bits per heavy atom. The second-order valence-corrected chi connectivity index (χ2v) is 5.61. The van der Waals surface area contributed by atoms with E-state index in [2.05, 4.69) is 15.9 Å². The number of halogens is 1. The number of amides is 1. The Labute approximate surface area is 141 Å². The molecule has 0 aliphatic rings. The number of carboxylic acids is 1. The smallest absolute Gasteiger partial charge is 0.338 e. The Hall–Kier alpha value is -2.28. The summed E-state index contributed by atoms with van der Waals surface area (Å²) in [5.74, 6) is -0.774. The minimum Gasteiger partial charge on any atom is -0.492 e. The van der Waals surface area contributed by atoms with Crippen molar-refractivity contribution in [2.45, 2.75) is 6.92 Å². The van der Waals surface area contributed by atoms with Gasteiger partial charge in [0.15, 0.2) is 5.76 Å². The molecule has 0 spiro atoms. The zero-order valence-corrected chi connectivity index (χ0v) is 14.1. The number of furan rings is 1. The number of likely N-dealkylation sites (N-methyl/N-ethyl adjacent to an activating group) is 1. The first kappa shape index (κ1) is 17.1. The molecule has 0 aliphatic heterocycles. The molecule has 0 fully saturated rings. The lowest BCUT2D eigenvalue weighted by Gasteiger charge is -2.19. The first-order chi connectivity index (χ1) is 11.0. The third-order valence-electron chi connectivity index (χ3n) is 3.17. The lowest BCUT2D eigenvalue weighted by atomic mass is 10.3. The molecule has 1 amide bonds. The van der Waals surface area contributed by atoms with Gasteiger partial charge in [0.05, 0.1) is 12.1 Å². The highest BCUT2D eigenvalue weighted by molar-refractivity contribution is 9.10. The van der Waals surface area contributed by atoms with E-state index in [1.165, 1.54) is 11.0 Å². The van der Waals surface area contributed by atoms with E-state index in [1.807, 2.05) is 31.2 Å². The number of carboxylic acid groups (broad SMARTS) is 1. The number of benzene rings is 1. The van der Waals surface area contributed by atoms with Gasteiger partial charge in [-0.15, -0.1) is 0 Å². The van der Waals surface area contributed by atoms with Crippen LogP contribution < -0.4 is 4.74 Å². The number of hydrogen-bond donors (Lipinski definition) is 1. The van der Waals surface area contributed by atoms with E-state index >= 15 is 0 Å². The van der Waals surface area contributed by atoms with Gasteiger partial charge in [-0.05, 0) is 31.2 Å². The maximum atomic E-state index is 12.3. The van der Waals surface area contributed by atoms with Gasteiger partial charge in [-0.2, -0.15) is 0 Å². The molecule has 1 aromatic carbocycles. The zero-order valence-electron chi connectivity index (χ0n) is 12.5. The lowest BCUT2D eigenvalue weighted by molar-refractivity contribution is 0.0692. The number of hydrogen-bond acceptors (Lipinski definition) is 4. The van der Waals surface area contributed by atoms with Gasteiger partial charge in [-0.1, -0.05) is 15.9 Å². The number of carbonyl (C=O) groups excluding carboxylic acids is 1. The quantitative estimate of drug-likeness (QED) is 0.795. The van der Waals surface area contributed by atoms with Crippen molar-refractivity contribution in [1.82, 2.24) is 4.90 Å². The number of nitrogens with zero attached hydrogens (tertiary/aromatic N) is 1. The Kier molecular flexibility index (Phi) is 5.81. The van der Waals surface area contributed by atoms with E-state index < -0.39 is 5.97 Å². The minimum atomic E-state index is -1.13. The van der Waals surface area contributed by atoms with Crippen LogP contribution in [-0.2, 0) is 0 Å². The topological polar surface area (TPSA) is 80.0 Å². The van der Waals surface area contributed by atoms with Gasteiger partial charge < -0.3 is 19.2 Å². The molecule has 2 aromatic rings. The fraction of sp³-hybridized carbons (Fsp3) is 0.250. The average molecular weight is 382 g/mol. The van der Waals surface area contributed by atoms with Gasteiger partial charge in [0.2, 0.25) is 0 Å². The van der Waals surface area contributed by atoms with Crippen molar-refractivity contribution in [2.75, 3.05) is 19.7 Å². The Balaban J connectivity index is 1.92. The highest BCUT2D eigenvalue weighted by Gasteiger charge is 2.19. The molecule has 122 valence electrons. The SMILES string of the molecule is CCN(CCOc1ccc(Br)cc1)C(=O)c1cc(C(=O)O)co1. The van der Waals surface area contributed by atoms with Crippen LogP contribution in [-0.4, -0.2) is 41.6 Å². The van der Waals surface area contributed by atoms with Crippen LogP contribution in [0.4, 0.5) is 0 Å². The molecule has 0 atom stereocenters. The van der Waals surface area contributed by atoms with Crippen LogP contribution in [0.15, 0.2) is 45.5 Å². The molecule has 0 radical (unpaired) electrons. The van der Waals surface area contributed by atoms with Gasteiger partial charge in [0.25, 0.3) is 5.91 Å². The number of carbonyl (C=O) groups is 2. The molecule has 1 N–H and O–H groups in total. The standard InChI is InChI=1S/C16H16BrNO5/c1-2-18(7-8-22-13-5-3-12(17)4-6-13)15(19)14-9-11(10-23-14)16(20)21/h3-6,9-10H,2,7-8H2,1H3,(H,20,21). The summed E-state index contributed by atoms with van der Waals surface area (Å²) in [6, 6.07) is 8.62. The fourth-order valence-corrected chi connectivity index (χ4v) is 2.19. The monoisotopic (exact) mass is 381 g/mol. The van der Waals surface area contributed by atoms with E-state index in [4.69, 9.17) is 14.3 Å². The molecule has 7 heteroatoms. The third kappa shape index (κ3) is 4.59. The van der Waals surface area contributed by atoms with E-state index in [9.17, 15) is 9.59 Å². The summed E-state index contributed by atoms with van der Waals surface area (Å²) < 4.78 is 11.6. The molecular weight excluding hydrogens is 366 g/mol. The molecule has 0 saturated heterocycles. The van der Waals surface area contributed by atoms with Crippen molar-refractivity contribution in [1.29, 1.82) is 0 Å². The third-order valence-corrected chi connectivity index (χ3v) is 3.70. The Bertz CT molecular complexity index is 680. The van der Waals surface area contributed by atoms with Crippen LogP contribution in [0.2, 0.25) is 0 Å². The molecule has 2 rings (SSSR count). The predicted molar refractivity (Wildman–Crippen MR) is 86.9 cm³/mol. The first-order valence-electron chi connectivity index (χ1n) is 7.00. The van der Waals surface area contributed by atoms with Crippen LogP contribution in [0.3, 0.4) is 0 Å². The van der Waals surface area contributed by atoms with Crippen LogP contribution >= 0.6 is 15.9 Å². The van der Waals surface area contributed by atoms with Crippen molar-refractivity contribution in [2.24, 2.45) is 0 Å². The molecule has 0 aliphatic carbocycles. The van der Waals surface area contributed by atoms with Gasteiger partial charge >= 0.3 is 5.97 Å². The van der Waals surface area contributed by atoms with Crippen molar-refractivity contribution < 1.29 is 23.8 Å². The largest absolute Gasteiger partial charge is 0.492 e. The summed E-state index contributed by atoms with van der Waals surface area (Å²) in [6.45, 7) is 2.99. The summed E-state index contributed by atoms with van der Waals surface area (Å²) in [5.41, 5.74) is -0.0458. The van der Waals surface area contributed by atoms with E-state index in [1.54, 1.807) is 0 Å². The summed E-state index contributed by atoms with van der Waals surface area (Å²) in [5, 5.41) is 8.85. The number of rotatable bonds is 7. The van der Waals surface area contributed by atoms with Crippen LogP contribution in [0, 0.1) is 0 Å². The van der Waals surface area contributed by atoms with Crippen molar-refractivity contribution >= 4 is 27.8 Å². The van der Waals surface area contributed by atoms with Gasteiger partial charge in [0.1, 0.15) is 18.6 Å². The summed E-state index contributed by atoms with van der Waals surface area (Å²) in [7, 11) is 0. The molecule has 23 heavy (non-hydrogen) atoms. The Morgan fingerprint density at radius 3 is 2.57 bits per heavy atom. The first-order valence-corrected chi connectivity index (χ1v) is 7.80. The second kappa shape index (κ2) is 7.82. The Morgan fingerprint density at radius 2 is 2.00 bits per heavy atom. The van der Waals surface area contributed by atoms with Crippen LogP contribution in [0.5, 0.6) is 5.75 Å². The molecule has 6 nitrogen and oxygen atoms in total. The highest BCUT2D eigenvalue weighted by atomic mass is 79.9. The second-order valence-electron chi connectivity index (χ2n) is 4.69. The average Bonchev–Trinajstić information content (AvgIpc) is 3.03. The van der Waals surface area contributed by atoms with Crippen molar-refractivity contribution in [3.8, 4) is 5.75 Å². The lowest BCUT2D eigenvalue weighted by Crippen LogP contribution is -2.34. The molecular formula is C16H16BrNO5. The maximum Gasteiger partial charge on any atom is 0.338 e. The van der Waals surface area contributed by atoms with Gasteiger partial charge in [-0.25, -0.2) is 4.79 Å². The minimum absolute atomic E-state index is 0.00731. The zero-order chi connectivity index (χ0) is 16.8. The summed E-state index contributed by atoms with van der Waals surface area (Å²) >= 11 is 3.34. The molecule has 0 saturated carbocycles. The highest BCUT2D eigenvalue weighted by Crippen LogP contribution is 2.16. The van der Waals surface area contributed by atoms with Gasteiger partial charge in [-0.3, -0.25) is 4.79 Å². The molecule has 0 unspecified atom stereocenters. The number of ether oxygens (including phenoxy) is 1. The normalized spacial score (nSPS) is 10.3. The number of aromatic carboxylic acids is 1. The fourth-order valence-electron chi connectivity index (χ4n) is 1.92. The van der Waals surface area contributed by atoms with Gasteiger partial charge in [0, 0.05) is 17.1 Å². The molecule has 0 bridgehead atoms. The summed E-state index contributed by atoms with van der Waals surface area (Å²) in [4.78, 5) is 24.6. The van der Waals surface area contributed by atoms with Crippen molar-refractivity contribution in [3.05, 3.63) is 52.4 Å². The van der Waals surface area contributed by atoms with E-state index in [0.717, 1.165) is 10.7 Å². The summed E-state index contributed by atoms with van der Waals surface area (Å²) in [6.07, 6.45) is 1.06. The van der Waals surface area contributed by atoms with Crippen LogP contribution in [0.1, 0.15) is 27.8 Å². The van der Waals surface area contributed by atoms with E-state index in [0.29, 0.717) is 25.4 Å². The van der Waals surface area contributed by atoms with Crippen LogP contribution in [0.25, 0.3) is 0 Å². The maximum absolute atomic E-state index is 12.3. The van der Waals surface area contributed by atoms with E-state index in [-0.39, 0.29) is 17.2 Å².